The number of hydrogen-bond donors (Lipinski definition) is 0. The van der Waals surface area contributed by atoms with Crippen LogP contribution in [0.5, 0.6) is 0 Å². The lowest BCUT2D eigenvalue weighted by Crippen LogP contribution is -2.24. The fourth-order valence-electron chi connectivity index (χ4n) is 2.62. The molecule has 5 heteroatoms. The van der Waals surface area contributed by atoms with Gasteiger partial charge in [0.2, 0.25) is 0 Å². The number of para-hydroxylation sites is 2. The molecule has 3 aromatic rings. The molecule has 0 unspecified atom stereocenters. The molecule has 0 N–H and O–H groups in total. The topological polar surface area (TPSA) is 26.9 Å². The predicted molar refractivity (Wildman–Crippen MR) is 77.3 cm³/mol. The van der Waals surface area contributed by atoms with Gasteiger partial charge in [-0.3, -0.25) is 9.13 Å². The van der Waals surface area contributed by atoms with Crippen molar-refractivity contribution in [1.29, 1.82) is 0 Å². The number of hydrogen-bond acceptors (Lipinski definition) is 1. The van der Waals surface area contributed by atoms with Crippen LogP contribution >= 0.6 is 0 Å². The molecule has 0 aliphatic carbocycles. The summed E-state index contributed by atoms with van der Waals surface area (Å²) in [5.74, 6) is -1.28. The third-order valence-corrected chi connectivity index (χ3v) is 3.50. The Morgan fingerprint density at radius 3 is 2.10 bits per heavy atom. The molecule has 21 heavy (non-hydrogen) atoms. The van der Waals surface area contributed by atoms with Crippen molar-refractivity contribution < 1.29 is 8.78 Å². The van der Waals surface area contributed by atoms with E-state index in [4.69, 9.17) is 0 Å². The first-order chi connectivity index (χ1) is 10.1. The van der Waals surface area contributed by atoms with E-state index in [1.54, 1.807) is 4.57 Å². The van der Waals surface area contributed by atoms with Crippen molar-refractivity contribution in [2.45, 2.75) is 20.0 Å². The molecule has 0 aliphatic heterocycles. The Bertz CT molecular complexity index is 844. The first-order valence-corrected chi connectivity index (χ1v) is 6.73. The Balaban J connectivity index is 2.16. The lowest BCUT2D eigenvalue weighted by atomic mass is 10.2. The highest BCUT2D eigenvalue weighted by Crippen LogP contribution is 2.15. The van der Waals surface area contributed by atoms with Crippen molar-refractivity contribution in [2.75, 3.05) is 0 Å². The van der Waals surface area contributed by atoms with Gasteiger partial charge in [0.1, 0.15) is 11.6 Å². The molecule has 0 saturated carbocycles. The average molecular weight is 288 g/mol. The molecule has 0 spiro atoms. The zero-order valence-corrected chi connectivity index (χ0v) is 11.5. The number of aryl methyl sites for hydroxylation is 1. The molecule has 0 radical (unpaired) electrons. The molecule has 0 fully saturated rings. The van der Waals surface area contributed by atoms with Gasteiger partial charge >= 0.3 is 5.69 Å². The van der Waals surface area contributed by atoms with E-state index in [1.165, 1.54) is 16.7 Å². The third kappa shape index (κ3) is 2.35. The highest BCUT2D eigenvalue weighted by molar-refractivity contribution is 5.76. The summed E-state index contributed by atoms with van der Waals surface area (Å²) in [6.07, 6.45) is 0. The second kappa shape index (κ2) is 5.16. The Labute approximate surface area is 120 Å². The van der Waals surface area contributed by atoms with Crippen LogP contribution in [0.15, 0.2) is 47.3 Å². The van der Waals surface area contributed by atoms with Crippen molar-refractivity contribution in [3.05, 3.63) is 70.1 Å². The number of imidazole rings is 1. The Morgan fingerprint density at radius 1 is 0.952 bits per heavy atom. The molecule has 3 rings (SSSR count). The van der Waals surface area contributed by atoms with E-state index in [0.717, 1.165) is 17.1 Å². The zero-order chi connectivity index (χ0) is 15.0. The average Bonchev–Trinajstić information content (AvgIpc) is 2.70. The second-order valence-electron chi connectivity index (χ2n) is 4.88. The Hall–Kier alpha value is -2.43. The second-order valence-corrected chi connectivity index (χ2v) is 4.88. The van der Waals surface area contributed by atoms with Gasteiger partial charge in [0.15, 0.2) is 0 Å². The quantitative estimate of drug-likeness (QED) is 0.727. The highest BCUT2D eigenvalue weighted by atomic mass is 19.1. The first kappa shape index (κ1) is 13.5. The van der Waals surface area contributed by atoms with E-state index >= 15 is 0 Å². The van der Waals surface area contributed by atoms with Crippen LogP contribution in [-0.2, 0) is 13.1 Å². The smallest absolute Gasteiger partial charge is 0.292 e. The van der Waals surface area contributed by atoms with Crippen LogP contribution < -0.4 is 5.69 Å². The van der Waals surface area contributed by atoms with Crippen molar-refractivity contribution in [2.24, 2.45) is 0 Å². The van der Waals surface area contributed by atoms with Crippen LogP contribution in [-0.4, -0.2) is 9.13 Å². The summed E-state index contributed by atoms with van der Waals surface area (Å²) in [6, 6.07) is 10.7. The third-order valence-electron chi connectivity index (χ3n) is 3.50. The fraction of sp³-hybridized carbons (Fsp3) is 0.188. The number of benzene rings is 2. The van der Waals surface area contributed by atoms with Crippen LogP contribution in [0.25, 0.3) is 11.0 Å². The maximum atomic E-state index is 13.3. The van der Waals surface area contributed by atoms with Gasteiger partial charge in [0.25, 0.3) is 0 Å². The highest BCUT2D eigenvalue weighted by Gasteiger charge is 2.12. The van der Waals surface area contributed by atoms with Crippen molar-refractivity contribution in [1.82, 2.24) is 9.13 Å². The van der Waals surface area contributed by atoms with Crippen LogP contribution in [0.4, 0.5) is 8.78 Å². The van der Waals surface area contributed by atoms with Gasteiger partial charge in [-0.25, -0.2) is 13.6 Å². The lowest BCUT2D eigenvalue weighted by molar-refractivity contribution is 0.576. The summed E-state index contributed by atoms with van der Waals surface area (Å²) in [7, 11) is 0. The summed E-state index contributed by atoms with van der Waals surface area (Å²) in [5, 5.41) is 0. The number of aromatic nitrogens is 2. The molecule has 1 heterocycles. The molecule has 0 bridgehead atoms. The number of rotatable bonds is 3. The predicted octanol–water partition coefficient (Wildman–Crippen LogP) is 3.15. The van der Waals surface area contributed by atoms with Crippen LogP contribution in [0, 0.1) is 11.6 Å². The van der Waals surface area contributed by atoms with Gasteiger partial charge in [0.05, 0.1) is 17.6 Å². The van der Waals surface area contributed by atoms with Gasteiger partial charge in [-0.15, -0.1) is 0 Å². The summed E-state index contributed by atoms with van der Waals surface area (Å²) < 4.78 is 29.7. The summed E-state index contributed by atoms with van der Waals surface area (Å²) in [4.78, 5) is 12.4. The Morgan fingerprint density at radius 2 is 1.52 bits per heavy atom. The van der Waals surface area contributed by atoms with Gasteiger partial charge in [-0.05, 0) is 36.8 Å². The monoisotopic (exact) mass is 288 g/mol. The minimum Gasteiger partial charge on any atom is -0.292 e. The standard InChI is InChI=1S/C16H14F2N2O/c1-2-19-14-5-3-4-6-15(14)20(16(19)21)10-11-7-12(17)9-13(18)8-11/h3-9H,2,10H2,1H3. The van der Waals surface area contributed by atoms with Gasteiger partial charge in [-0.2, -0.15) is 0 Å². The fourth-order valence-corrected chi connectivity index (χ4v) is 2.62. The molecule has 0 aliphatic rings. The maximum absolute atomic E-state index is 13.3. The van der Waals surface area contributed by atoms with Crippen molar-refractivity contribution in [3.63, 3.8) is 0 Å². The minimum absolute atomic E-state index is 0.140. The molecule has 1 aromatic heterocycles. The summed E-state index contributed by atoms with van der Waals surface area (Å²) in [6.45, 7) is 2.57. The zero-order valence-electron chi connectivity index (χ0n) is 11.5. The summed E-state index contributed by atoms with van der Waals surface area (Å²) >= 11 is 0. The maximum Gasteiger partial charge on any atom is 0.329 e. The number of halogens is 2. The van der Waals surface area contributed by atoms with Crippen LogP contribution in [0.1, 0.15) is 12.5 Å². The molecule has 2 aromatic carbocycles. The van der Waals surface area contributed by atoms with Crippen molar-refractivity contribution >= 4 is 11.0 Å². The van der Waals surface area contributed by atoms with Crippen molar-refractivity contribution in [3.8, 4) is 0 Å². The van der Waals surface area contributed by atoms with Gasteiger partial charge in [-0.1, -0.05) is 12.1 Å². The molecule has 3 nitrogen and oxygen atoms in total. The van der Waals surface area contributed by atoms with Gasteiger partial charge in [0, 0.05) is 12.6 Å². The molecular formula is C16H14F2N2O. The first-order valence-electron chi connectivity index (χ1n) is 6.73. The normalized spacial score (nSPS) is 11.2. The molecular weight excluding hydrogens is 274 g/mol. The molecule has 0 amide bonds. The number of nitrogens with zero attached hydrogens (tertiary/aromatic N) is 2. The molecule has 0 saturated heterocycles. The van der Waals surface area contributed by atoms with E-state index < -0.39 is 11.6 Å². The van der Waals surface area contributed by atoms with E-state index in [-0.39, 0.29) is 12.2 Å². The van der Waals surface area contributed by atoms with Crippen LogP contribution in [0.2, 0.25) is 0 Å². The summed E-state index contributed by atoms with van der Waals surface area (Å²) in [5.41, 5.74) is 1.83. The lowest BCUT2D eigenvalue weighted by Gasteiger charge is -2.04. The van der Waals surface area contributed by atoms with E-state index in [0.29, 0.717) is 12.1 Å². The van der Waals surface area contributed by atoms with E-state index in [1.807, 2.05) is 31.2 Å². The molecule has 0 atom stereocenters. The van der Waals surface area contributed by atoms with E-state index in [2.05, 4.69) is 0 Å². The van der Waals surface area contributed by atoms with Crippen LogP contribution in [0.3, 0.4) is 0 Å². The molecule has 108 valence electrons. The SMILES string of the molecule is CCn1c(=O)n(Cc2cc(F)cc(F)c2)c2ccccc21. The largest absolute Gasteiger partial charge is 0.329 e. The number of fused-ring (bicyclic) bond motifs is 1. The van der Waals surface area contributed by atoms with E-state index in [9.17, 15) is 13.6 Å². The minimum atomic E-state index is -0.641. The Kier molecular flexibility index (Phi) is 3.33. The van der Waals surface area contributed by atoms with Gasteiger partial charge < -0.3 is 0 Å².